The van der Waals surface area contributed by atoms with E-state index in [0.717, 1.165) is 11.1 Å². The number of hydrogen-bond donors (Lipinski definition) is 0. The van der Waals surface area contributed by atoms with Crippen LogP contribution in [0.5, 0.6) is 0 Å². The van der Waals surface area contributed by atoms with E-state index >= 15 is 0 Å². The number of benzene rings is 2. The molecule has 0 saturated heterocycles. The molecule has 0 amide bonds. The lowest BCUT2D eigenvalue weighted by molar-refractivity contribution is 0.429. The van der Waals surface area contributed by atoms with Crippen LogP contribution in [-0.2, 0) is 6.42 Å². The molecular weight excluding hydrogens is 326 g/mol. The molecule has 0 N–H and O–H groups in total. The molecule has 4 rings (SSSR count). The highest BCUT2D eigenvalue weighted by molar-refractivity contribution is 6.30. The lowest BCUT2D eigenvalue weighted by Crippen LogP contribution is -1.87. The maximum Gasteiger partial charge on any atom is 0.269 e. The number of nitrogens with zero attached hydrogens (tertiary/aromatic N) is 3. The average Bonchev–Trinajstić information content (AvgIpc) is 3.27. The molecule has 0 spiro atoms. The van der Waals surface area contributed by atoms with Gasteiger partial charge >= 0.3 is 0 Å². The zero-order chi connectivity index (χ0) is 16.4. The van der Waals surface area contributed by atoms with E-state index in [1.807, 2.05) is 54.6 Å². The Balaban J connectivity index is 1.55. The van der Waals surface area contributed by atoms with Crippen LogP contribution in [0.15, 0.2) is 69.6 Å². The Morgan fingerprint density at radius 1 is 0.917 bits per heavy atom. The molecule has 2 heterocycles. The predicted octanol–water partition coefficient (Wildman–Crippen LogP) is 4.64. The van der Waals surface area contributed by atoms with Crippen LogP contribution in [-0.4, -0.2) is 15.4 Å². The molecule has 0 aliphatic carbocycles. The fourth-order valence-corrected chi connectivity index (χ4v) is 2.45. The summed E-state index contributed by atoms with van der Waals surface area (Å²) < 4.78 is 11.0. The fraction of sp³-hybridized carbons (Fsp3) is 0.0556. The molecular formula is C18H12ClN3O2. The molecule has 5 nitrogen and oxygen atoms in total. The second-order valence-corrected chi connectivity index (χ2v) is 5.68. The zero-order valence-electron chi connectivity index (χ0n) is 12.5. The Bertz CT molecular complexity index is 946. The van der Waals surface area contributed by atoms with Gasteiger partial charge in [0.1, 0.15) is 0 Å². The van der Waals surface area contributed by atoms with Gasteiger partial charge in [0, 0.05) is 16.7 Å². The molecule has 0 atom stereocenters. The molecule has 0 unspecified atom stereocenters. The Hall–Kier alpha value is -2.92. The Kier molecular flexibility index (Phi) is 3.84. The van der Waals surface area contributed by atoms with Crippen LogP contribution in [0.25, 0.3) is 22.9 Å². The smallest absolute Gasteiger partial charge is 0.269 e. The van der Waals surface area contributed by atoms with Crippen LogP contribution in [0, 0.1) is 0 Å². The summed E-state index contributed by atoms with van der Waals surface area (Å²) in [5, 5.41) is 12.8. The predicted molar refractivity (Wildman–Crippen MR) is 89.5 cm³/mol. The molecule has 118 valence electrons. The van der Waals surface area contributed by atoms with E-state index in [0.29, 0.717) is 34.7 Å². The van der Waals surface area contributed by atoms with E-state index in [1.54, 1.807) is 6.07 Å². The normalized spacial score (nSPS) is 10.9. The Labute approximate surface area is 142 Å². The van der Waals surface area contributed by atoms with Gasteiger partial charge in [-0.2, -0.15) is 0 Å². The van der Waals surface area contributed by atoms with Gasteiger partial charge in [0.15, 0.2) is 11.5 Å². The van der Waals surface area contributed by atoms with Gasteiger partial charge in [0.2, 0.25) is 5.89 Å². The first-order valence-electron chi connectivity index (χ1n) is 7.37. The van der Waals surface area contributed by atoms with Crippen LogP contribution in [0.2, 0.25) is 5.02 Å². The van der Waals surface area contributed by atoms with E-state index in [9.17, 15) is 0 Å². The van der Waals surface area contributed by atoms with Crippen LogP contribution in [0.1, 0.15) is 11.5 Å². The molecule has 0 aliphatic rings. The highest BCUT2D eigenvalue weighted by Crippen LogP contribution is 2.25. The van der Waals surface area contributed by atoms with E-state index in [2.05, 4.69) is 15.4 Å². The standard InChI is InChI=1S/C18H12ClN3O2/c19-14-8-6-12(7-9-14)10-17-20-21-18(23-17)15-11-16(24-22-15)13-4-2-1-3-5-13/h1-9,11H,10H2. The molecule has 0 radical (unpaired) electrons. The Morgan fingerprint density at radius 3 is 2.50 bits per heavy atom. The number of aromatic nitrogens is 3. The molecule has 4 aromatic rings. The largest absolute Gasteiger partial charge is 0.419 e. The SMILES string of the molecule is Clc1ccc(Cc2nnc(-c3cc(-c4ccccc4)on3)o2)cc1. The minimum atomic E-state index is 0.338. The fourth-order valence-electron chi connectivity index (χ4n) is 2.32. The first-order valence-corrected chi connectivity index (χ1v) is 7.75. The van der Waals surface area contributed by atoms with Crippen molar-refractivity contribution in [1.82, 2.24) is 15.4 Å². The van der Waals surface area contributed by atoms with Gasteiger partial charge in [-0.3, -0.25) is 0 Å². The monoisotopic (exact) mass is 337 g/mol. The maximum absolute atomic E-state index is 5.88. The van der Waals surface area contributed by atoms with Crippen LogP contribution in [0.4, 0.5) is 0 Å². The summed E-state index contributed by atoms with van der Waals surface area (Å²) in [6.07, 6.45) is 0.535. The van der Waals surface area contributed by atoms with Crippen molar-refractivity contribution in [2.75, 3.05) is 0 Å². The third-order valence-corrected chi connectivity index (χ3v) is 3.78. The quantitative estimate of drug-likeness (QED) is 0.543. The summed E-state index contributed by atoms with van der Waals surface area (Å²) in [5.74, 6) is 1.50. The highest BCUT2D eigenvalue weighted by atomic mass is 35.5. The second-order valence-electron chi connectivity index (χ2n) is 5.25. The molecule has 2 aromatic heterocycles. The summed E-state index contributed by atoms with van der Waals surface area (Å²) >= 11 is 5.88. The maximum atomic E-state index is 5.88. The molecule has 2 aromatic carbocycles. The van der Waals surface area contributed by atoms with Crippen molar-refractivity contribution in [3.8, 4) is 22.9 Å². The van der Waals surface area contributed by atoms with Crippen LogP contribution in [0.3, 0.4) is 0 Å². The van der Waals surface area contributed by atoms with Gasteiger partial charge in [0.05, 0.1) is 6.42 Å². The van der Waals surface area contributed by atoms with E-state index < -0.39 is 0 Å². The first-order chi connectivity index (χ1) is 11.8. The van der Waals surface area contributed by atoms with Crippen molar-refractivity contribution in [2.24, 2.45) is 0 Å². The molecule has 0 saturated carbocycles. The minimum absolute atomic E-state index is 0.338. The number of hydrogen-bond acceptors (Lipinski definition) is 5. The molecule has 0 aliphatic heterocycles. The molecule has 0 bridgehead atoms. The van der Waals surface area contributed by atoms with Gasteiger partial charge in [-0.1, -0.05) is 59.2 Å². The topological polar surface area (TPSA) is 65.0 Å². The van der Waals surface area contributed by atoms with Gasteiger partial charge in [-0.25, -0.2) is 0 Å². The van der Waals surface area contributed by atoms with Crippen LogP contribution < -0.4 is 0 Å². The number of rotatable bonds is 4. The first kappa shape index (κ1) is 14.7. The highest BCUT2D eigenvalue weighted by Gasteiger charge is 2.15. The third-order valence-electron chi connectivity index (χ3n) is 3.52. The minimum Gasteiger partial charge on any atom is -0.419 e. The van der Waals surface area contributed by atoms with Crippen molar-refractivity contribution < 1.29 is 8.94 Å². The summed E-state index contributed by atoms with van der Waals surface area (Å²) in [5.41, 5.74) is 2.50. The summed E-state index contributed by atoms with van der Waals surface area (Å²) in [7, 11) is 0. The molecule has 0 fully saturated rings. The van der Waals surface area contributed by atoms with Gasteiger partial charge in [-0.05, 0) is 17.7 Å². The van der Waals surface area contributed by atoms with Gasteiger partial charge in [-0.15, -0.1) is 10.2 Å². The number of halogens is 1. The van der Waals surface area contributed by atoms with Crippen molar-refractivity contribution in [1.29, 1.82) is 0 Å². The summed E-state index contributed by atoms with van der Waals surface area (Å²) in [4.78, 5) is 0. The lowest BCUT2D eigenvalue weighted by Gasteiger charge is -1.96. The van der Waals surface area contributed by atoms with Crippen molar-refractivity contribution >= 4 is 11.6 Å². The zero-order valence-corrected chi connectivity index (χ0v) is 13.3. The third kappa shape index (κ3) is 3.07. The van der Waals surface area contributed by atoms with E-state index in [1.165, 1.54) is 0 Å². The van der Waals surface area contributed by atoms with Gasteiger partial charge < -0.3 is 8.94 Å². The van der Waals surface area contributed by atoms with Gasteiger partial charge in [0.25, 0.3) is 5.89 Å². The molecule has 6 heteroatoms. The average molecular weight is 338 g/mol. The second kappa shape index (κ2) is 6.29. The van der Waals surface area contributed by atoms with Crippen LogP contribution >= 0.6 is 11.6 Å². The van der Waals surface area contributed by atoms with E-state index in [-0.39, 0.29) is 0 Å². The Morgan fingerprint density at radius 2 is 1.71 bits per heavy atom. The van der Waals surface area contributed by atoms with Crippen molar-refractivity contribution in [3.63, 3.8) is 0 Å². The summed E-state index contributed by atoms with van der Waals surface area (Å²) in [6.45, 7) is 0. The molecule has 24 heavy (non-hydrogen) atoms. The van der Waals surface area contributed by atoms with Crippen molar-refractivity contribution in [3.05, 3.63) is 77.1 Å². The lowest BCUT2D eigenvalue weighted by atomic mass is 10.1. The summed E-state index contributed by atoms with van der Waals surface area (Å²) in [6, 6.07) is 19.0. The van der Waals surface area contributed by atoms with E-state index in [4.69, 9.17) is 20.5 Å². The van der Waals surface area contributed by atoms with Crippen molar-refractivity contribution in [2.45, 2.75) is 6.42 Å².